The molecular weight excluding hydrogens is 194 g/mol. The predicted octanol–water partition coefficient (Wildman–Crippen LogP) is 1.13. The summed E-state index contributed by atoms with van der Waals surface area (Å²) in [5.74, 6) is -1.44. The number of carbonyl (C=O) groups is 1. The van der Waals surface area contributed by atoms with Gasteiger partial charge in [-0.25, -0.2) is 0 Å². The lowest BCUT2D eigenvalue weighted by Gasteiger charge is -2.10. The maximum atomic E-state index is 10.5. The zero-order valence-corrected chi connectivity index (χ0v) is 7.32. The van der Waals surface area contributed by atoms with E-state index >= 15 is 0 Å². The molecule has 0 bridgehead atoms. The normalized spacial score (nSPS) is 12.5. The van der Waals surface area contributed by atoms with Crippen molar-refractivity contribution in [3.8, 4) is 5.75 Å². The lowest BCUT2D eigenvalue weighted by atomic mass is 10.1. The lowest BCUT2D eigenvalue weighted by molar-refractivity contribution is -0.138. The average molecular weight is 202 g/mol. The molecule has 1 aromatic carbocycles. The standard InChI is InChI=1S/C8H8ClNO3/c9-4-2-1-3-5(11)6(4)7(10)8(12)13/h1-3,7,11H,10H2,(H,12,13). The van der Waals surface area contributed by atoms with E-state index in [9.17, 15) is 9.90 Å². The summed E-state index contributed by atoms with van der Waals surface area (Å²) < 4.78 is 0. The number of aromatic hydroxyl groups is 1. The summed E-state index contributed by atoms with van der Waals surface area (Å²) in [7, 11) is 0. The van der Waals surface area contributed by atoms with Crippen LogP contribution in [0.3, 0.4) is 0 Å². The third-order valence-corrected chi connectivity index (χ3v) is 1.94. The van der Waals surface area contributed by atoms with Gasteiger partial charge in [0.05, 0.1) is 0 Å². The van der Waals surface area contributed by atoms with Crippen LogP contribution in [0.2, 0.25) is 5.02 Å². The van der Waals surface area contributed by atoms with E-state index in [4.69, 9.17) is 22.4 Å². The number of rotatable bonds is 2. The van der Waals surface area contributed by atoms with Crippen molar-refractivity contribution in [1.29, 1.82) is 0 Å². The first-order valence-corrected chi connectivity index (χ1v) is 3.87. The van der Waals surface area contributed by atoms with Gasteiger partial charge in [-0.3, -0.25) is 4.79 Å². The van der Waals surface area contributed by atoms with E-state index in [2.05, 4.69) is 0 Å². The Morgan fingerprint density at radius 1 is 1.54 bits per heavy atom. The Labute approximate surface area is 79.6 Å². The van der Waals surface area contributed by atoms with Gasteiger partial charge in [0.25, 0.3) is 0 Å². The van der Waals surface area contributed by atoms with E-state index in [1.54, 1.807) is 0 Å². The Kier molecular flexibility index (Phi) is 2.75. The maximum absolute atomic E-state index is 10.5. The van der Waals surface area contributed by atoms with Crippen LogP contribution in [0.1, 0.15) is 11.6 Å². The zero-order chi connectivity index (χ0) is 10.0. The molecule has 1 unspecified atom stereocenters. The number of carboxylic acid groups (broad SMARTS) is 1. The van der Waals surface area contributed by atoms with Gasteiger partial charge in [-0.05, 0) is 12.1 Å². The highest BCUT2D eigenvalue weighted by Crippen LogP contribution is 2.29. The number of hydrogen-bond donors (Lipinski definition) is 3. The van der Waals surface area contributed by atoms with Gasteiger partial charge in [0.15, 0.2) is 0 Å². The summed E-state index contributed by atoms with van der Waals surface area (Å²) in [6, 6.07) is 3.02. The quantitative estimate of drug-likeness (QED) is 0.670. The van der Waals surface area contributed by atoms with E-state index < -0.39 is 12.0 Å². The first-order valence-electron chi connectivity index (χ1n) is 3.50. The van der Waals surface area contributed by atoms with Gasteiger partial charge in [0.1, 0.15) is 11.8 Å². The number of hydrogen-bond acceptors (Lipinski definition) is 3. The molecule has 0 saturated carbocycles. The van der Waals surface area contributed by atoms with E-state index in [1.165, 1.54) is 18.2 Å². The monoisotopic (exact) mass is 201 g/mol. The molecule has 0 aliphatic rings. The molecule has 4 nitrogen and oxygen atoms in total. The van der Waals surface area contributed by atoms with Crippen LogP contribution in [0.15, 0.2) is 18.2 Å². The molecule has 13 heavy (non-hydrogen) atoms. The smallest absolute Gasteiger partial charge is 0.325 e. The molecule has 4 N–H and O–H groups in total. The SMILES string of the molecule is NC(C(=O)O)c1c(O)cccc1Cl. The van der Waals surface area contributed by atoms with Gasteiger partial charge in [0.2, 0.25) is 0 Å². The predicted molar refractivity (Wildman–Crippen MR) is 47.7 cm³/mol. The minimum Gasteiger partial charge on any atom is -0.508 e. The van der Waals surface area contributed by atoms with Gasteiger partial charge in [-0.2, -0.15) is 0 Å². The maximum Gasteiger partial charge on any atom is 0.325 e. The fraction of sp³-hybridized carbons (Fsp3) is 0.125. The summed E-state index contributed by atoms with van der Waals surface area (Å²) in [6.45, 7) is 0. The highest BCUT2D eigenvalue weighted by atomic mass is 35.5. The Morgan fingerprint density at radius 2 is 2.15 bits per heavy atom. The van der Waals surface area contributed by atoms with Gasteiger partial charge < -0.3 is 15.9 Å². The minimum atomic E-state index is -1.30. The van der Waals surface area contributed by atoms with Crippen LogP contribution < -0.4 is 5.73 Å². The lowest BCUT2D eigenvalue weighted by Crippen LogP contribution is -2.21. The summed E-state index contributed by atoms with van der Waals surface area (Å²) >= 11 is 5.67. The second-order valence-electron chi connectivity index (χ2n) is 2.49. The zero-order valence-electron chi connectivity index (χ0n) is 6.57. The third kappa shape index (κ3) is 1.91. The van der Waals surface area contributed by atoms with Crippen LogP contribution in [0.5, 0.6) is 5.75 Å². The molecule has 0 radical (unpaired) electrons. The molecule has 0 aliphatic carbocycles. The van der Waals surface area contributed by atoms with Crippen molar-refractivity contribution in [1.82, 2.24) is 0 Å². The fourth-order valence-corrected chi connectivity index (χ4v) is 1.24. The minimum absolute atomic E-state index is 0.0386. The molecule has 0 aliphatic heterocycles. The molecule has 0 amide bonds. The van der Waals surface area contributed by atoms with E-state index in [0.717, 1.165) is 0 Å². The van der Waals surface area contributed by atoms with Crippen molar-refractivity contribution in [2.45, 2.75) is 6.04 Å². The first kappa shape index (κ1) is 9.83. The van der Waals surface area contributed by atoms with Crippen LogP contribution in [0.4, 0.5) is 0 Å². The molecule has 0 fully saturated rings. The Bertz CT molecular complexity index is 320. The number of benzene rings is 1. The van der Waals surface area contributed by atoms with Gasteiger partial charge in [0, 0.05) is 10.6 Å². The summed E-state index contributed by atoms with van der Waals surface area (Å²) in [6.07, 6.45) is 0. The van der Waals surface area contributed by atoms with Crippen molar-refractivity contribution in [2.75, 3.05) is 0 Å². The highest BCUT2D eigenvalue weighted by molar-refractivity contribution is 6.31. The Hall–Kier alpha value is -1.26. The van der Waals surface area contributed by atoms with Crippen LogP contribution in [0, 0.1) is 0 Å². The molecule has 1 atom stereocenters. The number of nitrogens with two attached hydrogens (primary N) is 1. The number of halogens is 1. The van der Waals surface area contributed by atoms with Crippen molar-refractivity contribution in [3.05, 3.63) is 28.8 Å². The molecule has 0 saturated heterocycles. The number of aliphatic carboxylic acids is 1. The summed E-state index contributed by atoms with van der Waals surface area (Å²) in [5, 5.41) is 18.0. The highest BCUT2D eigenvalue weighted by Gasteiger charge is 2.20. The van der Waals surface area contributed by atoms with E-state index in [0.29, 0.717) is 0 Å². The first-order chi connectivity index (χ1) is 6.04. The topological polar surface area (TPSA) is 83.6 Å². The van der Waals surface area contributed by atoms with E-state index in [1.807, 2.05) is 0 Å². The van der Waals surface area contributed by atoms with E-state index in [-0.39, 0.29) is 16.3 Å². The van der Waals surface area contributed by atoms with Crippen LogP contribution in [-0.2, 0) is 4.79 Å². The Morgan fingerprint density at radius 3 is 2.62 bits per heavy atom. The Balaban J connectivity index is 3.20. The average Bonchev–Trinajstić information content (AvgIpc) is 2.03. The molecule has 0 aromatic heterocycles. The largest absolute Gasteiger partial charge is 0.508 e. The van der Waals surface area contributed by atoms with Crippen molar-refractivity contribution >= 4 is 17.6 Å². The second kappa shape index (κ2) is 3.64. The summed E-state index contributed by atoms with van der Waals surface area (Å²) in [4.78, 5) is 10.5. The molecule has 1 aromatic rings. The second-order valence-corrected chi connectivity index (χ2v) is 2.90. The van der Waals surface area contributed by atoms with Gasteiger partial charge >= 0.3 is 5.97 Å². The van der Waals surface area contributed by atoms with Crippen molar-refractivity contribution < 1.29 is 15.0 Å². The summed E-state index contributed by atoms with van der Waals surface area (Å²) in [5.41, 5.74) is 5.33. The molecule has 1 rings (SSSR count). The molecule has 0 spiro atoms. The number of phenols is 1. The molecule has 5 heteroatoms. The van der Waals surface area contributed by atoms with Crippen LogP contribution in [0.25, 0.3) is 0 Å². The number of phenolic OH excluding ortho intramolecular Hbond substituents is 1. The third-order valence-electron chi connectivity index (χ3n) is 1.61. The molecule has 0 heterocycles. The fourth-order valence-electron chi connectivity index (χ4n) is 0.957. The van der Waals surface area contributed by atoms with Crippen molar-refractivity contribution in [2.24, 2.45) is 5.73 Å². The van der Waals surface area contributed by atoms with Gasteiger partial charge in [-0.15, -0.1) is 0 Å². The van der Waals surface area contributed by atoms with Crippen LogP contribution >= 0.6 is 11.6 Å². The molecule has 70 valence electrons. The molecular formula is C8H8ClNO3. The van der Waals surface area contributed by atoms with Crippen molar-refractivity contribution in [3.63, 3.8) is 0 Å². The van der Waals surface area contributed by atoms with Gasteiger partial charge in [-0.1, -0.05) is 17.7 Å². The number of carboxylic acids is 1. The van der Waals surface area contributed by atoms with Crippen LogP contribution in [-0.4, -0.2) is 16.2 Å².